The molecule has 4 heteroatoms. The number of rotatable bonds is 8. The van der Waals surface area contributed by atoms with Crippen molar-refractivity contribution in [1.82, 2.24) is 10.6 Å². The van der Waals surface area contributed by atoms with Crippen LogP contribution in [0.3, 0.4) is 0 Å². The van der Waals surface area contributed by atoms with Crippen molar-refractivity contribution in [1.29, 1.82) is 0 Å². The van der Waals surface area contributed by atoms with Crippen molar-refractivity contribution in [2.75, 3.05) is 6.54 Å². The average Bonchev–Trinajstić information content (AvgIpc) is 2.51. The predicted molar refractivity (Wildman–Crippen MR) is 89.3 cm³/mol. The predicted octanol–water partition coefficient (Wildman–Crippen LogP) is 3.20. The van der Waals surface area contributed by atoms with E-state index < -0.39 is 5.41 Å². The molecule has 4 nitrogen and oxygen atoms in total. The summed E-state index contributed by atoms with van der Waals surface area (Å²) < 4.78 is 0. The molecule has 0 saturated heterocycles. The van der Waals surface area contributed by atoms with Gasteiger partial charge in [0.2, 0.25) is 11.8 Å². The zero-order chi connectivity index (χ0) is 16.6. The lowest BCUT2D eigenvalue weighted by molar-refractivity contribution is -0.141. The van der Waals surface area contributed by atoms with Crippen LogP contribution in [-0.2, 0) is 9.59 Å². The summed E-state index contributed by atoms with van der Waals surface area (Å²) in [6.45, 7) is 7.98. The fraction of sp³-hybridized carbons (Fsp3) is 0.556. The summed E-state index contributed by atoms with van der Waals surface area (Å²) in [5.74, 6) is -0.474. The Hall–Kier alpha value is -1.84. The van der Waals surface area contributed by atoms with Crippen molar-refractivity contribution in [3.8, 4) is 0 Å². The summed E-state index contributed by atoms with van der Waals surface area (Å²) in [5, 5.41) is 5.77. The third kappa shape index (κ3) is 5.17. The Balaban J connectivity index is 2.56. The minimum Gasteiger partial charge on any atom is -0.355 e. The first-order chi connectivity index (χ1) is 10.4. The van der Waals surface area contributed by atoms with E-state index in [0.29, 0.717) is 6.54 Å². The number of carbonyl (C=O) groups is 2. The van der Waals surface area contributed by atoms with Gasteiger partial charge in [0.05, 0.1) is 6.04 Å². The van der Waals surface area contributed by atoms with Crippen molar-refractivity contribution in [3.05, 3.63) is 35.9 Å². The molecule has 0 aliphatic heterocycles. The quantitative estimate of drug-likeness (QED) is 0.572. The highest BCUT2D eigenvalue weighted by molar-refractivity contribution is 6.04. The van der Waals surface area contributed by atoms with Crippen molar-refractivity contribution >= 4 is 11.8 Å². The molecule has 122 valence electrons. The molecule has 0 bridgehead atoms. The Morgan fingerprint density at radius 1 is 1.09 bits per heavy atom. The molecule has 1 unspecified atom stereocenters. The average molecular weight is 304 g/mol. The van der Waals surface area contributed by atoms with Gasteiger partial charge in [-0.1, -0.05) is 50.1 Å². The first-order valence-corrected chi connectivity index (χ1v) is 8.03. The zero-order valence-corrected chi connectivity index (χ0v) is 14.1. The van der Waals surface area contributed by atoms with Crippen LogP contribution in [0.2, 0.25) is 0 Å². The van der Waals surface area contributed by atoms with Gasteiger partial charge in [-0.25, -0.2) is 0 Å². The number of amides is 2. The molecule has 0 saturated carbocycles. The molecule has 0 spiro atoms. The van der Waals surface area contributed by atoms with Crippen LogP contribution in [0.4, 0.5) is 0 Å². The lowest BCUT2D eigenvalue weighted by Gasteiger charge is -2.25. The van der Waals surface area contributed by atoms with E-state index >= 15 is 0 Å². The number of unbranched alkanes of at least 4 members (excludes halogenated alkanes) is 2. The van der Waals surface area contributed by atoms with Crippen LogP contribution in [-0.4, -0.2) is 18.4 Å². The van der Waals surface area contributed by atoms with Gasteiger partial charge in [0.25, 0.3) is 0 Å². The SMILES string of the molecule is CCCCCNC(=O)C(C)(C)C(=O)NC(C)c1ccccc1. The van der Waals surface area contributed by atoms with E-state index in [1.54, 1.807) is 13.8 Å². The molecule has 22 heavy (non-hydrogen) atoms. The van der Waals surface area contributed by atoms with E-state index in [9.17, 15) is 9.59 Å². The molecule has 1 atom stereocenters. The number of hydrogen-bond donors (Lipinski definition) is 2. The lowest BCUT2D eigenvalue weighted by Crippen LogP contribution is -2.48. The molecule has 2 N–H and O–H groups in total. The highest BCUT2D eigenvalue weighted by Crippen LogP contribution is 2.19. The van der Waals surface area contributed by atoms with Crippen LogP contribution in [0.5, 0.6) is 0 Å². The molecule has 1 rings (SSSR count). The number of nitrogens with one attached hydrogen (secondary N) is 2. The fourth-order valence-electron chi connectivity index (χ4n) is 2.10. The van der Waals surface area contributed by atoms with E-state index in [-0.39, 0.29) is 17.9 Å². The second kappa shape index (κ2) is 8.57. The summed E-state index contributed by atoms with van der Waals surface area (Å²) in [6.07, 6.45) is 3.13. The van der Waals surface area contributed by atoms with Gasteiger partial charge < -0.3 is 10.6 Å². The maximum absolute atomic E-state index is 12.4. The van der Waals surface area contributed by atoms with Crippen molar-refractivity contribution in [2.24, 2.45) is 5.41 Å². The van der Waals surface area contributed by atoms with Crippen LogP contribution in [0.1, 0.15) is 58.6 Å². The minimum atomic E-state index is -1.07. The molecule has 0 aromatic heterocycles. The number of carbonyl (C=O) groups excluding carboxylic acids is 2. The first kappa shape index (κ1) is 18.2. The van der Waals surface area contributed by atoms with Crippen LogP contribution >= 0.6 is 0 Å². The van der Waals surface area contributed by atoms with Gasteiger partial charge in [0, 0.05) is 6.54 Å². The third-order valence-electron chi connectivity index (χ3n) is 3.85. The zero-order valence-electron chi connectivity index (χ0n) is 14.1. The first-order valence-electron chi connectivity index (χ1n) is 8.03. The van der Waals surface area contributed by atoms with Gasteiger partial charge in [-0.05, 0) is 32.8 Å². The molecule has 0 radical (unpaired) electrons. The number of hydrogen-bond acceptors (Lipinski definition) is 2. The molecule has 1 aromatic carbocycles. The maximum atomic E-state index is 12.4. The van der Waals surface area contributed by atoms with Crippen LogP contribution in [0.25, 0.3) is 0 Å². The summed E-state index contributed by atoms with van der Waals surface area (Å²) >= 11 is 0. The number of benzene rings is 1. The normalized spacial score (nSPS) is 12.5. The summed E-state index contributed by atoms with van der Waals surface area (Å²) in [7, 11) is 0. The van der Waals surface area contributed by atoms with Crippen LogP contribution in [0, 0.1) is 5.41 Å². The van der Waals surface area contributed by atoms with Gasteiger partial charge in [-0.3, -0.25) is 9.59 Å². The van der Waals surface area contributed by atoms with Crippen molar-refractivity contribution in [3.63, 3.8) is 0 Å². The minimum absolute atomic E-state index is 0.124. The largest absolute Gasteiger partial charge is 0.355 e. The summed E-state index contributed by atoms with van der Waals surface area (Å²) in [5.41, 5.74) is -0.0510. The lowest BCUT2D eigenvalue weighted by atomic mass is 9.90. The van der Waals surface area contributed by atoms with Crippen molar-refractivity contribution < 1.29 is 9.59 Å². The molecule has 2 amide bonds. The summed E-state index contributed by atoms with van der Waals surface area (Å²) in [4.78, 5) is 24.6. The monoisotopic (exact) mass is 304 g/mol. The molecule has 0 fully saturated rings. The Kier molecular flexibility index (Phi) is 7.09. The highest BCUT2D eigenvalue weighted by atomic mass is 16.2. The van der Waals surface area contributed by atoms with E-state index in [4.69, 9.17) is 0 Å². The van der Waals surface area contributed by atoms with Crippen molar-refractivity contribution in [2.45, 2.75) is 53.0 Å². The second-order valence-electron chi connectivity index (χ2n) is 6.19. The Morgan fingerprint density at radius 3 is 2.32 bits per heavy atom. The van der Waals surface area contributed by atoms with Gasteiger partial charge in [-0.2, -0.15) is 0 Å². The molecular formula is C18H28N2O2. The topological polar surface area (TPSA) is 58.2 Å². The van der Waals surface area contributed by atoms with E-state index in [1.165, 1.54) is 0 Å². The molecule has 0 aliphatic rings. The third-order valence-corrected chi connectivity index (χ3v) is 3.85. The Labute approximate surface area is 133 Å². The van der Waals surface area contributed by atoms with Gasteiger partial charge in [0.15, 0.2) is 0 Å². The molecule has 0 aliphatic carbocycles. The molecule has 1 aromatic rings. The van der Waals surface area contributed by atoms with Gasteiger partial charge in [-0.15, -0.1) is 0 Å². The van der Waals surface area contributed by atoms with Gasteiger partial charge >= 0.3 is 0 Å². The Morgan fingerprint density at radius 2 is 1.73 bits per heavy atom. The van der Waals surface area contributed by atoms with Gasteiger partial charge in [0.1, 0.15) is 5.41 Å². The maximum Gasteiger partial charge on any atom is 0.235 e. The van der Waals surface area contributed by atoms with Crippen LogP contribution < -0.4 is 10.6 Å². The van der Waals surface area contributed by atoms with E-state index in [2.05, 4.69) is 17.6 Å². The fourth-order valence-corrected chi connectivity index (χ4v) is 2.10. The van der Waals surface area contributed by atoms with Crippen LogP contribution in [0.15, 0.2) is 30.3 Å². The van der Waals surface area contributed by atoms with E-state index in [1.807, 2.05) is 37.3 Å². The molecule has 0 heterocycles. The van der Waals surface area contributed by atoms with E-state index in [0.717, 1.165) is 24.8 Å². The smallest absolute Gasteiger partial charge is 0.235 e. The second-order valence-corrected chi connectivity index (χ2v) is 6.19. The summed E-state index contributed by atoms with van der Waals surface area (Å²) in [6, 6.07) is 9.60. The Bertz CT molecular complexity index is 483. The molecular weight excluding hydrogens is 276 g/mol. The standard InChI is InChI=1S/C18H28N2O2/c1-5-6-10-13-19-16(21)18(3,4)17(22)20-14(2)15-11-8-7-9-12-15/h7-9,11-12,14H,5-6,10,13H2,1-4H3,(H,19,21)(H,20,22). The highest BCUT2D eigenvalue weighted by Gasteiger charge is 2.36.